The van der Waals surface area contributed by atoms with Gasteiger partial charge in [0.25, 0.3) is 0 Å². The fourth-order valence-electron chi connectivity index (χ4n) is 3.21. The van der Waals surface area contributed by atoms with Crippen LogP contribution in [0, 0.1) is 6.92 Å². The first kappa shape index (κ1) is 23.2. The molecule has 31 heavy (non-hydrogen) atoms. The molecule has 2 heterocycles. The summed E-state index contributed by atoms with van der Waals surface area (Å²) in [5, 5.41) is 12.7. The smallest absolute Gasteiger partial charge is 0.183 e. The molecule has 0 aliphatic carbocycles. The van der Waals surface area contributed by atoms with Crippen LogP contribution in [0.4, 0.5) is 0 Å². The van der Waals surface area contributed by atoms with Crippen LogP contribution < -0.4 is 4.74 Å². The van der Waals surface area contributed by atoms with E-state index in [-0.39, 0.29) is 11.5 Å². The predicted molar refractivity (Wildman–Crippen MR) is 128 cm³/mol. The molecule has 0 saturated carbocycles. The first-order chi connectivity index (χ1) is 14.9. The number of fused-ring (bicyclic) bond motifs is 1. The highest BCUT2D eigenvalue weighted by Gasteiger charge is 2.29. The van der Waals surface area contributed by atoms with Gasteiger partial charge in [-0.2, -0.15) is 0 Å². The largest absolute Gasteiger partial charge is 0.497 e. The molecule has 7 heteroatoms. The van der Waals surface area contributed by atoms with Crippen LogP contribution in [-0.4, -0.2) is 33.7 Å². The lowest BCUT2D eigenvalue weighted by Crippen LogP contribution is -2.22. The molecule has 0 spiro atoms. The summed E-state index contributed by atoms with van der Waals surface area (Å²) < 4.78 is 5.32. The van der Waals surface area contributed by atoms with Gasteiger partial charge in [0.15, 0.2) is 5.78 Å². The fraction of sp³-hybridized carbons (Fsp3) is 0.292. The lowest BCUT2D eigenvalue weighted by atomic mass is 9.93. The number of methoxy groups -OCH3 is 1. The number of rotatable bonds is 10. The molecule has 3 rings (SSSR count). The standard InChI is InChI=1S/C24H26N2O3S2/c1-5-7-13-24(28,12-6-2)22-11-10-21(31-22)20(27)15-30-23-18-14-17(29-4)8-9-19(18)25-16(3)26-23/h5-11,14,28H,2,12-13,15H2,1,3-4H3/b7-5-. The topological polar surface area (TPSA) is 72.3 Å². The van der Waals surface area contributed by atoms with Crippen LogP contribution in [0.1, 0.15) is 40.1 Å². The zero-order valence-corrected chi connectivity index (χ0v) is 19.6. The van der Waals surface area contributed by atoms with Crippen molar-refractivity contribution < 1.29 is 14.6 Å². The number of ketones is 1. The van der Waals surface area contributed by atoms with E-state index in [2.05, 4.69) is 16.5 Å². The molecule has 3 aromatic rings. The fourth-order valence-corrected chi connectivity index (χ4v) is 5.29. The average molecular weight is 455 g/mol. The van der Waals surface area contributed by atoms with Crippen molar-refractivity contribution in [2.75, 3.05) is 12.9 Å². The summed E-state index contributed by atoms with van der Waals surface area (Å²) in [5.74, 6) is 1.63. The molecular weight excluding hydrogens is 428 g/mol. The van der Waals surface area contributed by atoms with Crippen LogP contribution in [0.15, 0.2) is 60.2 Å². The number of thioether (sulfide) groups is 1. The number of carbonyl (C=O) groups excluding carboxylic acids is 1. The van der Waals surface area contributed by atoms with E-state index in [1.165, 1.54) is 23.1 Å². The maximum absolute atomic E-state index is 12.9. The van der Waals surface area contributed by atoms with Crippen LogP contribution in [-0.2, 0) is 5.60 Å². The number of allylic oxidation sites excluding steroid dienone is 1. The van der Waals surface area contributed by atoms with Crippen molar-refractivity contribution in [1.82, 2.24) is 9.97 Å². The van der Waals surface area contributed by atoms with Gasteiger partial charge >= 0.3 is 0 Å². The first-order valence-corrected chi connectivity index (χ1v) is 11.7. The summed E-state index contributed by atoms with van der Waals surface area (Å²) in [7, 11) is 1.62. The van der Waals surface area contributed by atoms with Crippen LogP contribution in [0.25, 0.3) is 10.9 Å². The second-order valence-corrected chi connectivity index (χ2v) is 9.18. The third-order valence-electron chi connectivity index (χ3n) is 4.83. The molecule has 0 aliphatic heterocycles. The Balaban J connectivity index is 1.80. The molecule has 1 atom stereocenters. The Kier molecular flexibility index (Phi) is 7.64. The van der Waals surface area contributed by atoms with Crippen molar-refractivity contribution in [2.45, 2.75) is 37.3 Å². The highest BCUT2D eigenvalue weighted by atomic mass is 32.2. The van der Waals surface area contributed by atoms with Gasteiger partial charge in [-0.25, -0.2) is 9.97 Å². The minimum absolute atomic E-state index is 0.000508. The maximum atomic E-state index is 12.9. The molecule has 2 aromatic heterocycles. The number of carbonyl (C=O) groups is 1. The molecule has 0 radical (unpaired) electrons. The van der Waals surface area contributed by atoms with Gasteiger partial charge in [0.1, 0.15) is 22.2 Å². The molecule has 1 unspecified atom stereocenters. The van der Waals surface area contributed by atoms with Gasteiger partial charge in [-0.3, -0.25) is 4.79 Å². The number of hydrogen-bond donors (Lipinski definition) is 1. The highest BCUT2D eigenvalue weighted by molar-refractivity contribution is 8.00. The van der Waals surface area contributed by atoms with Crippen molar-refractivity contribution in [2.24, 2.45) is 0 Å². The number of benzene rings is 1. The van der Waals surface area contributed by atoms with E-state index in [1.807, 2.05) is 50.3 Å². The molecule has 5 nitrogen and oxygen atoms in total. The molecule has 0 amide bonds. The lowest BCUT2D eigenvalue weighted by Gasteiger charge is -2.24. The van der Waals surface area contributed by atoms with Crippen molar-refractivity contribution >= 4 is 39.8 Å². The first-order valence-electron chi connectivity index (χ1n) is 9.93. The van der Waals surface area contributed by atoms with Gasteiger partial charge in [0.2, 0.25) is 0 Å². The normalized spacial score (nSPS) is 13.4. The minimum Gasteiger partial charge on any atom is -0.497 e. The van der Waals surface area contributed by atoms with Crippen molar-refractivity contribution in [3.8, 4) is 5.75 Å². The quantitative estimate of drug-likeness (QED) is 0.183. The van der Waals surface area contributed by atoms with Gasteiger partial charge in [-0.05, 0) is 57.0 Å². The number of Topliss-reactive ketones (excluding diaryl/α,β-unsaturated/α-hetero) is 1. The van der Waals surface area contributed by atoms with Crippen molar-refractivity contribution in [3.63, 3.8) is 0 Å². The van der Waals surface area contributed by atoms with Crippen molar-refractivity contribution in [1.29, 1.82) is 0 Å². The Morgan fingerprint density at radius 1 is 1.29 bits per heavy atom. The minimum atomic E-state index is -1.04. The van der Waals surface area contributed by atoms with Gasteiger partial charge in [0.05, 0.1) is 23.3 Å². The van der Waals surface area contributed by atoms with Gasteiger partial charge in [-0.1, -0.05) is 30.0 Å². The maximum Gasteiger partial charge on any atom is 0.183 e. The number of aromatic nitrogens is 2. The molecule has 0 aliphatic rings. The Morgan fingerprint density at radius 2 is 2.10 bits per heavy atom. The van der Waals surface area contributed by atoms with E-state index in [4.69, 9.17) is 4.74 Å². The van der Waals surface area contributed by atoms with E-state index in [0.717, 1.165) is 26.6 Å². The van der Waals surface area contributed by atoms with Crippen LogP contribution in [0.3, 0.4) is 0 Å². The van der Waals surface area contributed by atoms with Crippen LogP contribution in [0.5, 0.6) is 5.75 Å². The molecule has 1 N–H and O–H groups in total. The SMILES string of the molecule is C=CCC(O)(C/C=C\C)c1ccc(C(=O)CSc2nc(C)nc3ccc(OC)cc23)s1. The summed E-state index contributed by atoms with van der Waals surface area (Å²) in [6.45, 7) is 7.52. The average Bonchev–Trinajstić information content (AvgIpc) is 3.27. The van der Waals surface area contributed by atoms with Gasteiger partial charge in [0, 0.05) is 10.3 Å². The zero-order chi connectivity index (χ0) is 22.4. The number of aryl methyl sites for hydroxylation is 1. The summed E-state index contributed by atoms with van der Waals surface area (Å²) in [6, 6.07) is 9.27. The summed E-state index contributed by atoms with van der Waals surface area (Å²) in [6.07, 6.45) is 6.45. The Morgan fingerprint density at radius 3 is 2.81 bits per heavy atom. The van der Waals surface area contributed by atoms with E-state index in [0.29, 0.717) is 23.5 Å². The Hall–Kier alpha value is -2.48. The van der Waals surface area contributed by atoms with E-state index in [9.17, 15) is 9.90 Å². The number of aliphatic hydroxyl groups is 1. The number of ether oxygens (including phenoxy) is 1. The lowest BCUT2D eigenvalue weighted by molar-refractivity contribution is 0.0467. The van der Waals surface area contributed by atoms with E-state index >= 15 is 0 Å². The summed E-state index contributed by atoms with van der Waals surface area (Å²) in [4.78, 5) is 23.3. The Labute approximate surface area is 190 Å². The van der Waals surface area contributed by atoms with Crippen LogP contribution >= 0.6 is 23.1 Å². The molecule has 0 fully saturated rings. The predicted octanol–water partition coefficient (Wildman–Crippen LogP) is 5.71. The molecular formula is C24H26N2O3S2. The molecule has 162 valence electrons. The van der Waals surface area contributed by atoms with Crippen LogP contribution in [0.2, 0.25) is 0 Å². The zero-order valence-electron chi connectivity index (χ0n) is 17.9. The van der Waals surface area contributed by atoms with Gasteiger partial charge < -0.3 is 9.84 Å². The molecule has 0 bridgehead atoms. The third-order valence-corrected chi connectivity index (χ3v) is 7.14. The summed E-state index contributed by atoms with van der Waals surface area (Å²) >= 11 is 2.73. The van der Waals surface area contributed by atoms with E-state index in [1.54, 1.807) is 19.3 Å². The third kappa shape index (κ3) is 5.42. The second kappa shape index (κ2) is 10.2. The van der Waals surface area contributed by atoms with Crippen molar-refractivity contribution in [3.05, 3.63) is 70.7 Å². The highest BCUT2D eigenvalue weighted by Crippen LogP contribution is 2.36. The number of nitrogens with zero attached hydrogens (tertiary/aromatic N) is 2. The Bertz CT molecular complexity index is 1120. The molecule has 1 aromatic carbocycles. The molecule has 0 saturated heterocycles. The van der Waals surface area contributed by atoms with E-state index < -0.39 is 5.60 Å². The monoisotopic (exact) mass is 454 g/mol. The number of thiophene rings is 1. The van der Waals surface area contributed by atoms with Gasteiger partial charge in [-0.15, -0.1) is 17.9 Å². The second-order valence-electron chi connectivity index (χ2n) is 7.13. The number of hydrogen-bond acceptors (Lipinski definition) is 7. The summed E-state index contributed by atoms with van der Waals surface area (Å²) in [5.41, 5.74) is -0.221.